The van der Waals surface area contributed by atoms with Crippen LogP contribution < -0.4 is 10.1 Å². The normalized spacial score (nSPS) is 20.5. The Balaban J connectivity index is 1.33. The van der Waals surface area contributed by atoms with Crippen LogP contribution in [0.4, 0.5) is 18.9 Å². The summed E-state index contributed by atoms with van der Waals surface area (Å²) in [7, 11) is 1.53. The average Bonchev–Trinajstić information content (AvgIpc) is 3.43. The third kappa shape index (κ3) is 4.67. The molecule has 2 fully saturated rings. The topological polar surface area (TPSA) is 41.6 Å². The number of halogens is 4. The van der Waals surface area contributed by atoms with Gasteiger partial charge in [-0.05, 0) is 67.6 Å². The minimum absolute atomic E-state index is 0.0305. The second-order valence-electron chi connectivity index (χ2n) is 8.39. The highest BCUT2D eigenvalue weighted by Crippen LogP contribution is 2.59. The minimum atomic E-state index is -4.35. The molecule has 0 aromatic heterocycles. The van der Waals surface area contributed by atoms with E-state index >= 15 is 0 Å². The molecule has 8 heteroatoms. The van der Waals surface area contributed by atoms with Gasteiger partial charge < -0.3 is 10.1 Å². The van der Waals surface area contributed by atoms with Crippen molar-refractivity contribution in [3.63, 3.8) is 0 Å². The Hall–Kier alpha value is -2.25. The zero-order chi connectivity index (χ0) is 22.2. The first-order valence-electron chi connectivity index (χ1n) is 10.2. The van der Waals surface area contributed by atoms with Crippen molar-refractivity contribution in [2.45, 2.75) is 32.0 Å². The van der Waals surface area contributed by atoms with Gasteiger partial charge in [0, 0.05) is 18.2 Å². The Labute approximate surface area is 184 Å². The van der Waals surface area contributed by atoms with Crippen LogP contribution in [0, 0.1) is 11.3 Å². The molecule has 1 saturated carbocycles. The van der Waals surface area contributed by atoms with Gasteiger partial charge in [-0.1, -0.05) is 29.8 Å². The van der Waals surface area contributed by atoms with Gasteiger partial charge in [-0.3, -0.25) is 9.69 Å². The highest BCUT2D eigenvalue weighted by atomic mass is 35.5. The van der Waals surface area contributed by atoms with E-state index in [0.29, 0.717) is 35.1 Å². The molecule has 2 aliphatic rings. The van der Waals surface area contributed by atoms with Crippen LogP contribution in [0.5, 0.6) is 5.75 Å². The largest absolute Gasteiger partial charge is 0.495 e. The lowest BCUT2D eigenvalue weighted by atomic mass is 9.90. The van der Waals surface area contributed by atoms with Gasteiger partial charge in [0.25, 0.3) is 0 Å². The summed E-state index contributed by atoms with van der Waals surface area (Å²) in [6.07, 6.45) is -1.92. The van der Waals surface area contributed by atoms with E-state index in [1.54, 1.807) is 30.3 Å². The predicted octanol–water partition coefficient (Wildman–Crippen LogP) is 5.61. The number of hydrogen-bond acceptors (Lipinski definition) is 3. The van der Waals surface area contributed by atoms with Gasteiger partial charge in [0.05, 0.1) is 17.7 Å². The molecule has 1 atom stereocenters. The summed E-state index contributed by atoms with van der Waals surface area (Å²) < 4.78 is 44.9. The number of alkyl halides is 3. The predicted molar refractivity (Wildman–Crippen MR) is 113 cm³/mol. The number of nitrogens with one attached hydrogen (secondary N) is 1. The fourth-order valence-electron chi connectivity index (χ4n) is 4.58. The van der Waals surface area contributed by atoms with Gasteiger partial charge >= 0.3 is 6.18 Å². The van der Waals surface area contributed by atoms with Gasteiger partial charge in [0.1, 0.15) is 5.75 Å². The molecule has 0 unspecified atom stereocenters. The first kappa shape index (κ1) is 22.0. The van der Waals surface area contributed by atoms with Crippen molar-refractivity contribution in [2.24, 2.45) is 11.3 Å². The maximum atomic E-state index is 13.2. The van der Waals surface area contributed by atoms with Crippen LogP contribution in [0.2, 0.25) is 5.02 Å². The number of nitrogens with zero attached hydrogens (tertiary/aromatic N) is 1. The number of benzene rings is 2. The van der Waals surface area contributed by atoms with Crippen molar-refractivity contribution in [1.82, 2.24) is 4.90 Å². The summed E-state index contributed by atoms with van der Waals surface area (Å²) in [5, 5.41) is 3.35. The number of carbonyl (C=O) groups excluding carboxylic acids is 1. The summed E-state index contributed by atoms with van der Waals surface area (Å²) in [4.78, 5) is 14.8. The van der Waals surface area contributed by atoms with Crippen LogP contribution in [0.25, 0.3) is 0 Å². The van der Waals surface area contributed by atoms with Gasteiger partial charge in [-0.15, -0.1) is 0 Å². The molecule has 4 nitrogen and oxygen atoms in total. The molecule has 0 radical (unpaired) electrons. The summed E-state index contributed by atoms with van der Waals surface area (Å²) in [6.45, 7) is 1.64. The molecule has 2 aromatic rings. The monoisotopic (exact) mass is 452 g/mol. The van der Waals surface area contributed by atoms with Crippen LogP contribution in [0.3, 0.4) is 0 Å². The SMILES string of the molecule is COc1ccc(NC(=O)[C@@H]2CC23CCN(Cc2ccccc2C(F)(F)F)CC3)cc1Cl. The first-order chi connectivity index (χ1) is 14.7. The maximum absolute atomic E-state index is 13.2. The van der Waals surface area contributed by atoms with E-state index in [1.165, 1.54) is 13.2 Å². The Morgan fingerprint density at radius 1 is 1.23 bits per heavy atom. The van der Waals surface area contributed by atoms with Crippen LogP contribution in [-0.2, 0) is 17.5 Å². The van der Waals surface area contributed by atoms with E-state index in [9.17, 15) is 18.0 Å². The molecule has 166 valence electrons. The van der Waals surface area contributed by atoms with E-state index in [1.807, 2.05) is 4.90 Å². The third-order valence-corrected chi connectivity index (χ3v) is 6.79. The molecule has 31 heavy (non-hydrogen) atoms. The van der Waals surface area contributed by atoms with E-state index in [0.717, 1.165) is 25.3 Å². The fourth-order valence-corrected chi connectivity index (χ4v) is 4.83. The lowest BCUT2D eigenvalue weighted by Gasteiger charge is -2.33. The molecule has 1 aliphatic carbocycles. The number of piperidine rings is 1. The fraction of sp³-hybridized carbons (Fsp3) is 0.435. The Bertz CT molecular complexity index is 972. The average molecular weight is 453 g/mol. The number of hydrogen-bond donors (Lipinski definition) is 1. The zero-order valence-electron chi connectivity index (χ0n) is 17.1. The first-order valence-corrected chi connectivity index (χ1v) is 10.6. The summed E-state index contributed by atoms with van der Waals surface area (Å²) in [6, 6.07) is 10.8. The third-order valence-electron chi connectivity index (χ3n) is 6.49. The minimum Gasteiger partial charge on any atom is -0.495 e. The van der Waals surface area contributed by atoms with Crippen molar-refractivity contribution in [2.75, 3.05) is 25.5 Å². The Morgan fingerprint density at radius 2 is 1.94 bits per heavy atom. The van der Waals surface area contributed by atoms with Crippen LogP contribution in [-0.4, -0.2) is 31.0 Å². The molecule has 1 saturated heterocycles. The highest BCUT2D eigenvalue weighted by molar-refractivity contribution is 6.32. The lowest BCUT2D eigenvalue weighted by molar-refractivity contribution is -0.138. The van der Waals surface area contributed by atoms with E-state index < -0.39 is 11.7 Å². The molecule has 1 spiro atoms. The lowest BCUT2D eigenvalue weighted by Crippen LogP contribution is -2.36. The molecule has 1 amide bonds. The van der Waals surface area contributed by atoms with E-state index in [4.69, 9.17) is 16.3 Å². The second-order valence-corrected chi connectivity index (χ2v) is 8.80. The molecule has 4 rings (SSSR count). The number of methoxy groups -OCH3 is 1. The molecular weight excluding hydrogens is 429 g/mol. The van der Waals surface area contributed by atoms with E-state index in [-0.39, 0.29) is 23.8 Å². The van der Waals surface area contributed by atoms with E-state index in [2.05, 4.69) is 5.32 Å². The molecule has 0 bridgehead atoms. The maximum Gasteiger partial charge on any atom is 0.416 e. The molecular formula is C23H24ClF3N2O2. The van der Waals surface area contributed by atoms with Gasteiger partial charge in [0.2, 0.25) is 5.91 Å². The zero-order valence-corrected chi connectivity index (χ0v) is 17.9. The summed E-state index contributed by atoms with van der Waals surface area (Å²) >= 11 is 6.12. The molecule has 1 N–H and O–H groups in total. The van der Waals surface area contributed by atoms with Crippen molar-refractivity contribution >= 4 is 23.2 Å². The van der Waals surface area contributed by atoms with Crippen LogP contribution >= 0.6 is 11.6 Å². The number of rotatable bonds is 5. The Morgan fingerprint density at radius 3 is 2.58 bits per heavy atom. The summed E-state index contributed by atoms with van der Waals surface area (Å²) in [5.41, 5.74) is 0.309. The van der Waals surface area contributed by atoms with Crippen molar-refractivity contribution in [3.05, 3.63) is 58.6 Å². The second kappa shape index (κ2) is 8.36. The Kier molecular flexibility index (Phi) is 5.92. The van der Waals surface area contributed by atoms with Crippen molar-refractivity contribution in [3.8, 4) is 5.75 Å². The highest BCUT2D eigenvalue weighted by Gasteiger charge is 2.58. The van der Waals surface area contributed by atoms with Crippen LogP contribution in [0.1, 0.15) is 30.4 Å². The smallest absolute Gasteiger partial charge is 0.416 e. The number of carbonyl (C=O) groups is 1. The van der Waals surface area contributed by atoms with Crippen molar-refractivity contribution < 1.29 is 22.7 Å². The molecule has 1 aliphatic heterocycles. The van der Waals surface area contributed by atoms with Gasteiger partial charge in [-0.2, -0.15) is 13.2 Å². The van der Waals surface area contributed by atoms with Crippen molar-refractivity contribution in [1.29, 1.82) is 0 Å². The van der Waals surface area contributed by atoms with Crippen LogP contribution in [0.15, 0.2) is 42.5 Å². The number of ether oxygens (including phenoxy) is 1. The quantitative estimate of drug-likeness (QED) is 0.641. The van der Waals surface area contributed by atoms with Gasteiger partial charge in [-0.25, -0.2) is 0 Å². The molecule has 2 aromatic carbocycles. The number of likely N-dealkylation sites (tertiary alicyclic amines) is 1. The number of amides is 1. The molecule has 1 heterocycles. The van der Waals surface area contributed by atoms with Gasteiger partial charge in [0.15, 0.2) is 0 Å². The number of anilines is 1. The summed E-state index contributed by atoms with van der Waals surface area (Å²) in [5.74, 6) is 0.442. The standard InChI is InChI=1S/C23H24ClF3N2O2/c1-31-20-7-6-16(12-19(20)24)28-21(30)18-13-22(18)8-10-29(11-9-22)14-15-4-2-3-5-17(15)23(25,26)27/h2-7,12,18H,8-11,13-14H2,1H3,(H,28,30)/t18-/m0/s1.